The zero-order valence-electron chi connectivity index (χ0n) is 11.6. The molecule has 1 atom stereocenters. The summed E-state index contributed by atoms with van der Waals surface area (Å²) in [6.45, 7) is 1.25. The summed E-state index contributed by atoms with van der Waals surface area (Å²) in [4.78, 5) is 0.110. The van der Waals surface area contributed by atoms with Crippen molar-refractivity contribution in [1.29, 1.82) is 0 Å². The van der Waals surface area contributed by atoms with Crippen LogP contribution in [0.25, 0.3) is 0 Å². The second-order valence-electron chi connectivity index (χ2n) is 4.82. The van der Waals surface area contributed by atoms with E-state index in [1.165, 1.54) is 29.6 Å². The van der Waals surface area contributed by atoms with Gasteiger partial charge in [0.15, 0.2) is 0 Å². The molecule has 1 aromatic carbocycles. The number of nitrogens with zero attached hydrogens (tertiary/aromatic N) is 1. The Morgan fingerprint density at radius 1 is 1.50 bits per heavy atom. The van der Waals surface area contributed by atoms with Crippen LogP contribution in [0.5, 0.6) is 0 Å². The lowest BCUT2D eigenvalue weighted by atomic mass is 10.2. The lowest BCUT2D eigenvalue weighted by Crippen LogP contribution is -2.37. The minimum atomic E-state index is -3.62. The Morgan fingerprint density at radius 2 is 2.25 bits per heavy atom. The Hall–Kier alpha value is -1.02. The Balaban J connectivity index is 2.31. The molecule has 1 aliphatic heterocycles. The summed E-state index contributed by atoms with van der Waals surface area (Å²) in [6.07, 6.45) is 0.681. The van der Waals surface area contributed by atoms with Crippen LogP contribution in [-0.2, 0) is 21.3 Å². The van der Waals surface area contributed by atoms with Gasteiger partial charge in [-0.15, -0.1) is 0 Å². The second-order valence-corrected chi connectivity index (χ2v) is 6.82. The summed E-state index contributed by atoms with van der Waals surface area (Å²) in [5.74, 6) is -0.412. The first-order valence-corrected chi connectivity index (χ1v) is 7.89. The van der Waals surface area contributed by atoms with Crippen molar-refractivity contribution in [2.45, 2.75) is 23.9 Å². The standard InChI is InChI=1S/C13H19FN2O3S/c1-15-8-10-7-12(3-4-13(10)14)20(17,18)16(2)11-5-6-19-9-11/h3-4,7,11,15H,5-6,8-9H2,1-2H3. The van der Waals surface area contributed by atoms with Crippen LogP contribution >= 0.6 is 0 Å². The van der Waals surface area contributed by atoms with Gasteiger partial charge in [0.2, 0.25) is 10.0 Å². The third-order valence-corrected chi connectivity index (χ3v) is 5.39. The number of halogens is 1. The molecule has 1 N–H and O–H groups in total. The second kappa shape index (κ2) is 6.17. The van der Waals surface area contributed by atoms with Gasteiger partial charge in [-0.3, -0.25) is 0 Å². The average Bonchev–Trinajstić information content (AvgIpc) is 2.94. The van der Waals surface area contributed by atoms with E-state index in [4.69, 9.17) is 4.74 Å². The predicted molar refractivity (Wildman–Crippen MR) is 73.3 cm³/mol. The van der Waals surface area contributed by atoms with Crippen molar-refractivity contribution in [2.75, 3.05) is 27.3 Å². The smallest absolute Gasteiger partial charge is 0.243 e. The maximum absolute atomic E-state index is 13.6. The first-order valence-electron chi connectivity index (χ1n) is 6.45. The molecule has 1 unspecified atom stereocenters. The summed E-state index contributed by atoms with van der Waals surface area (Å²) in [7, 11) is -0.400. The molecule has 0 spiro atoms. The van der Waals surface area contributed by atoms with Gasteiger partial charge in [0, 0.05) is 25.8 Å². The number of hydrogen-bond donors (Lipinski definition) is 1. The normalized spacial score (nSPS) is 19.7. The van der Waals surface area contributed by atoms with Crippen LogP contribution in [0, 0.1) is 5.82 Å². The molecule has 112 valence electrons. The number of sulfonamides is 1. The van der Waals surface area contributed by atoms with Crippen molar-refractivity contribution in [3.8, 4) is 0 Å². The first kappa shape index (κ1) is 15.4. The van der Waals surface area contributed by atoms with Crippen LogP contribution in [-0.4, -0.2) is 46.1 Å². The fourth-order valence-corrected chi connectivity index (χ4v) is 3.63. The first-order chi connectivity index (χ1) is 9.46. The van der Waals surface area contributed by atoms with Gasteiger partial charge in [0.25, 0.3) is 0 Å². The number of ether oxygens (including phenoxy) is 1. The lowest BCUT2D eigenvalue weighted by Gasteiger charge is -2.22. The van der Waals surface area contributed by atoms with E-state index in [0.29, 0.717) is 25.2 Å². The predicted octanol–water partition coefficient (Wildman–Crippen LogP) is 0.954. The minimum Gasteiger partial charge on any atom is -0.380 e. The molecular weight excluding hydrogens is 283 g/mol. The van der Waals surface area contributed by atoms with Crippen LogP contribution < -0.4 is 5.32 Å². The van der Waals surface area contributed by atoms with Gasteiger partial charge in [-0.1, -0.05) is 0 Å². The van der Waals surface area contributed by atoms with E-state index in [-0.39, 0.29) is 17.5 Å². The maximum Gasteiger partial charge on any atom is 0.243 e. The van der Waals surface area contributed by atoms with E-state index in [9.17, 15) is 12.8 Å². The number of nitrogens with one attached hydrogen (secondary N) is 1. The molecule has 0 bridgehead atoms. The van der Waals surface area contributed by atoms with Crippen molar-refractivity contribution in [3.05, 3.63) is 29.6 Å². The van der Waals surface area contributed by atoms with Crippen molar-refractivity contribution < 1.29 is 17.5 Å². The van der Waals surface area contributed by atoms with Crippen LogP contribution in [0.1, 0.15) is 12.0 Å². The molecule has 1 aromatic rings. The SMILES string of the molecule is CNCc1cc(S(=O)(=O)N(C)C2CCOC2)ccc1F. The highest BCUT2D eigenvalue weighted by atomic mass is 32.2. The third kappa shape index (κ3) is 3.01. The van der Waals surface area contributed by atoms with E-state index in [2.05, 4.69) is 5.32 Å². The van der Waals surface area contributed by atoms with Crippen LogP contribution in [0.15, 0.2) is 23.1 Å². The number of benzene rings is 1. The maximum atomic E-state index is 13.6. The Labute approximate surface area is 118 Å². The Kier molecular flexibility index (Phi) is 4.74. The molecule has 1 aliphatic rings. The largest absolute Gasteiger partial charge is 0.380 e. The fraction of sp³-hybridized carbons (Fsp3) is 0.538. The number of likely N-dealkylation sites (N-methyl/N-ethyl adjacent to an activating group) is 1. The average molecular weight is 302 g/mol. The molecule has 1 fully saturated rings. The monoisotopic (exact) mass is 302 g/mol. The zero-order chi connectivity index (χ0) is 14.8. The van der Waals surface area contributed by atoms with Gasteiger partial charge in [0.05, 0.1) is 17.5 Å². The van der Waals surface area contributed by atoms with Gasteiger partial charge >= 0.3 is 0 Å². The highest BCUT2D eigenvalue weighted by Gasteiger charge is 2.30. The summed E-state index contributed by atoms with van der Waals surface area (Å²) in [5.41, 5.74) is 0.338. The molecule has 1 heterocycles. The molecule has 1 saturated heterocycles. The zero-order valence-corrected chi connectivity index (χ0v) is 12.4. The molecule has 5 nitrogen and oxygen atoms in total. The van der Waals surface area contributed by atoms with Crippen LogP contribution in [0.3, 0.4) is 0 Å². The molecule has 2 rings (SSSR count). The van der Waals surface area contributed by atoms with E-state index in [0.717, 1.165) is 0 Å². The lowest BCUT2D eigenvalue weighted by molar-refractivity contribution is 0.181. The highest BCUT2D eigenvalue weighted by molar-refractivity contribution is 7.89. The van der Waals surface area contributed by atoms with Crippen molar-refractivity contribution in [2.24, 2.45) is 0 Å². The minimum absolute atomic E-state index is 0.110. The summed E-state index contributed by atoms with van der Waals surface area (Å²) in [6, 6.07) is 3.72. The van der Waals surface area contributed by atoms with Gasteiger partial charge in [0.1, 0.15) is 5.82 Å². The molecule has 0 radical (unpaired) electrons. The summed E-state index contributed by atoms with van der Waals surface area (Å²) >= 11 is 0. The van der Waals surface area contributed by atoms with Crippen molar-refractivity contribution in [1.82, 2.24) is 9.62 Å². The van der Waals surface area contributed by atoms with E-state index in [1.807, 2.05) is 0 Å². The Morgan fingerprint density at radius 3 is 2.85 bits per heavy atom. The fourth-order valence-electron chi connectivity index (χ4n) is 2.21. The third-order valence-electron chi connectivity index (χ3n) is 3.48. The van der Waals surface area contributed by atoms with Gasteiger partial charge < -0.3 is 10.1 Å². The van der Waals surface area contributed by atoms with E-state index in [1.54, 1.807) is 7.05 Å². The molecule has 0 aliphatic carbocycles. The summed E-state index contributed by atoms with van der Waals surface area (Å²) < 4.78 is 45.1. The summed E-state index contributed by atoms with van der Waals surface area (Å²) in [5, 5.41) is 2.82. The van der Waals surface area contributed by atoms with E-state index >= 15 is 0 Å². The Bertz CT molecular complexity index is 571. The van der Waals surface area contributed by atoms with Crippen LogP contribution in [0.2, 0.25) is 0 Å². The molecule has 7 heteroatoms. The molecule has 0 saturated carbocycles. The molecular formula is C13H19FN2O3S. The highest BCUT2D eigenvalue weighted by Crippen LogP contribution is 2.22. The number of hydrogen-bond acceptors (Lipinski definition) is 4. The number of rotatable bonds is 5. The molecule has 20 heavy (non-hydrogen) atoms. The quantitative estimate of drug-likeness (QED) is 0.880. The van der Waals surface area contributed by atoms with Crippen molar-refractivity contribution >= 4 is 10.0 Å². The van der Waals surface area contributed by atoms with Crippen molar-refractivity contribution in [3.63, 3.8) is 0 Å². The van der Waals surface area contributed by atoms with Gasteiger partial charge in [-0.25, -0.2) is 12.8 Å². The van der Waals surface area contributed by atoms with Gasteiger partial charge in [-0.2, -0.15) is 4.31 Å². The molecule has 0 aromatic heterocycles. The molecule has 0 amide bonds. The topological polar surface area (TPSA) is 58.6 Å². The van der Waals surface area contributed by atoms with Crippen LogP contribution in [0.4, 0.5) is 4.39 Å². The van der Waals surface area contributed by atoms with E-state index < -0.39 is 15.8 Å². The van der Waals surface area contributed by atoms with Gasteiger partial charge in [-0.05, 0) is 31.7 Å².